The highest BCUT2D eigenvalue weighted by Crippen LogP contribution is 2.36. The molecule has 11 heteroatoms. The topological polar surface area (TPSA) is 126 Å². The molecule has 0 aliphatic rings. The number of carboxylic acid groups (broad SMARTS) is 1. The highest BCUT2D eigenvalue weighted by molar-refractivity contribution is 6.05. The number of amides is 1. The van der Waals surface area contributed by atoms with Crippen molar-refractivity contribution in [2.45, 2.75) is 78.9 Å². The van der Waals surface area contributed by atoms with Crippen LogP contribution < -0.4 is 15.4 Å². The number of hydrogen-bond donors (Lipinski definition) is 3. The van der Waals surface area contributed by atoms with Gasteiger partial charge in [0.05, 0.1) is 18.2 Å². The molecule has 1 aromatic heterocycles. The number of carbonyl (C=O) groups excluding carboxylic acids is 2. The Morgan fingerprint density at radius 2 is 1.48 bits per heavy atom. The standard InChI is InChI=1S/C29H39N3O3.C2HF3O2/c1-18(2)21-12-10-13-22(19(3)4)27(21)35-26(33)15-29(6,7)17-32(28(34)20(5)30)25-16-31-24-14-9-8-11-23(24)25;3-2(4,5)1(6)7/h8-14,16,18-20,31H,15,17,30H2,1-7H3;(H,6,7)/t20-;/m0./s1. The quantitative estimate of drug-likeness (QED) is 0.187. The molecule has 0 unspecified atom stereocenters. The van der Waals surface area contributed by atoms with Gasteiger partial charge in [0.15, 0.2) is 0 Å². The second kappa shape index (κ2) is 13.9. The number of carbonyl (C=O) groups is 3. The van der Waals surface area contributed by atoms with Gasteiger partial charge in [-0.2, -0.15) is 13.2 Å². The van der Waals surface area contributed by atoms with Gasteiger partial charge in [0, 0.05) is 23.6 Å². The number of aromatic nitrogens is 1. The van der Waals surface area contributed by atoms with Gasteiger partial charge >= 0.3 is 18.1 Å². The van der Waals surface area contributed by atoms with E-state index in [1.807, 2.05) is 62.5 Å². The normalized spacial score (nSPS) is 12.6. The van der Waals surface area contributed by atoms with Crippen molar-refractivity contribution in [1.29, 1.82) is 0 Å². The van der Waals surface area contributed by atoms with E-state index < -0.39 is 23.6 Å². The molecule has 0 bridgehead atoms. The van der Waals surface area contributed by atoms with E-state index in [-0.39, 0.29) is 30.1 Å². The van der Waals surface area contributed by atoms with Crippen LogP contribution in [0.5, 0.6) is 5.75 Å². The largest absolute Gasteiger partial charge is 0.490 e. The molecule has 0 spiro atoms. The summed E-state index contributed by atoms with van der Waals surface area (Å²) in [6, 6.07) is 13.2. The number of hydrogen-bond acceptors (Lipinski definition) is 5. The molecular weight excluding hydrogens is 551 g/mol. The molecule has 0 fully saturated rings. The Bertz CT molecular complexity index is 1370. The van der Waals surface area contributed by atoms with E-state index in [1.165, 1.54) is 0 Å². The third-order valence-corrected chi connectivity index (χ3v) is 6.50. The molecule has 0 aliphatic heterocycles. The SMILES string of the molecule is CC(C)c1cccc(C(C)C)c1OC(=O)CC(C)(C)CN(C(=O)[C@H](C)N)c1c[nH]c2ccccc12.O=C(O)C(F)(F)F. The van der Waals surface area contributed by atoms with E-state index in [9.17, 15) is 22.8 Å². The van der Waals surface area contributed by atoms with Gasteiger partial charge in [-0.1, -0.05) is 77.9 Å². The maximum atomic E-state index is 13.2. The molecule has 1 heterocycles. The third-order valence-electron chi connectivity index (χ3n) is 6.50. The number of halogens is 3. The molecule has 0 saturated heterocycles. The Morgan fingerprint density at radius 1 is 0.952 bits per heavy atom. The molecule has 1 atom stereocenters. The molecule has 230 valence electrons. The summed E-state index contributed by atoms with van der Waals surface area (Å²) in [5.74, 6) is -2.14. The number of benzene rings is 2. The van der Waals surface area contributed by atoms with Crippen LogP contribution in [0.3, 0.4) is 0 Å². The van der Waals surface area contributed by atoms with E-state index in [4.69, 9.17) is 20.4 Å². The lowest BCUT2D eigenvalue weighted by molar-refractivity contribution is -0.192. The number of nitrogens with zero attached hydrogens (tertiary/aromatic N) is 1. The lowest BCUT2D eigenvalue weighted by Crippen LogP contribution is -2.47. The minimum atomic E-state index is -5.08. The minimum absolute atomic E-state index is 0.155. The molecule has 0 saturated carbocycles. The zero-order chi connectivity index (χ0) is 32.0. The number of nitrogens with one attached hydrogen (secondary N) is 1. The van der Waals surface area contributed by atoms with E-state index in [2.05, 4.69) is 32.7 Å². The first-order chi connectivity index (χ1) is 19.4. The van der Waals surface area contributed by atoms with Crippen LogP contribution in [-0.4, -0.2) is 46.7 Å². The predicted molar refractivity (Wildman–Crippen MR) is 157 cm³/mol. The predicted octanol–water partition coefficient (Wildman–Crippen LogP) is 6.75. The van der Waals surface area contributed by atoms with Crippen molar-refractivity contribution in [3.05, 3.63) is 59.8 Å². The van der Waals surface area contributed by atoms with Crippen LogP contribution in [0.15, 0.2) is 48.7 Å². The summed E-state index contributed by atoms with van der Waals surface area (Å²) in [5, 5.41) is 8.06. The molecule has 8 nitrogen and oxygen atoms in total. The van der Waals surface area contributed by atoms with Gasteiger partial charge in [-0.3, -0.25) is 9.59 Å². The number of alkyl halides is 3. The molecule has 4 N–H and O–H groups in total. The van der Waals surface area contributed by atoms with Gasteiger partial charge < -0.3 is 25.5 Å². The average Bonchev–Trinajstić information content (AvgIpc) is 3.30. The van der Waals surface area contributed by atoms with Crippen molar-refractivity contribution >= 4 is 34.4 Å². The molecular formula is C31H40F3N3O5. The van der Waals surface area contributed by atoms with Crippen molar-refractivity contribution in [1.82, 2.24) is 4.98 Å². The smallest absolute Gasteiger partial charge is 0.475 e. The van der Waals surface area contributed by atoms with Crippen molar-refractivity contribution in [2.75, 3.05) is 11.4 Å². The molecule has 0 aliphatic carbocycles. The number of anilines is 1. The van der Waals surface area contributed by atoms with Crippen molar-refractivity contribution < 1.29 is 37.4 Å². The second-order valence-corrected chi connectivity index (χ2v) is 11.6. The van der Waals surface area contributed by atoms with E-state index in [0.717, 1.165) is 27.7 Å². The number of rotatable bonds is 9. The molecule has 0 radical (unpaired) electrons. The van der Waals surface area contributed by atoms with Crippen LogP contribution in [0.25, 0.3) is 10.9 Å². The van der Waals surface area contributed by atoms with E-state index in [0.29, 0.717) is 12.3 Å². The minimum Gasteiger partial charge on any atom is -0.475 e. The maximum absolute atomic E-state index is 13.2. The van der Waals surface area contributed by atoms with Crippen LogP contribution in [0.1, 0.15) is 77.8 Å². The van der Waals surface area contributed by atoms with Gasteiger partial charge in [-0.05, 0) is 41.4 Å². The zero-order valence-corrected chi connectivity index (χ0v) is 25.0. The summed E-state index contributed by atoms with van der Waals surface area (Å²) in [5.41, 5.74) is 9.20. The van der Waals surface area contributed by atoms with Crippen molar-refractivity contribution in [2.24, 2.45) is 11.1 Å². The Labute approximate surface area is 244 Å². The first kappa shape index (κ1) is 34.3. The van der Waals surface area contributed by atoms with Crippen LogP contribution in [0, 0.1) is 5.41 Å². The fourth-order valence-electron chi connectivity index (χ4n) is 4.43. The average molecular weight is 592 g/mol. The van der Waals surface area contributed by atoms with Crippen LogP contribution >= 0.6 is 0 Å². The Kier molecular flexibility index (Phi) is 11.3. The number of fused-ring (bicyclic) bond motifs is 1. The van der Waals surface area contributed by atoms with Crippen LogP contribution in [-0.2, 0) is 14.4 Å². The van der Waals surface area contributed by atoms with Gasteiger partial charge in [0.2, 0.25) is 5.91 Å². The summed E-state index contributed by atoms with van der Waals surface area (Å²) in [6.45, 7) is 14.3. The number of aromatic amines is 1. The number of para-hydroxylation sites is 2. The van der Waals surface area contributed by atoms with Crippen LogP contribution in [0.2, 0.25) is 0 Å². The first-order valence-corrected chi connectivity index (χ1v) is 13.6. The number of nitrogens with two attached hydrogens (primary N) is 1. The molecule has 3 rings (SSSR count). The monoisotopic (exact) mass is 591 g/mol. The number of H-pyrrole nitrogens is 1. The number of ether oxygens (including phenoxy) is 1. The van der Waals surface area contributed by atoms with Gasteiger partial charge in [0.25, 0.3) is 0 Å². The molecule has 2 aromatic carbocycles. The molecule has 42 heavy (non-hydrogen) atoms. The van der Waals surface area contributed by atoms with Crippen molar-refractivity contribution in [3.63, 3.8) is 0 Å². The Balaban J connectivity index is 0.000000782. The highest BCUT2D eigenvalue weighted by atomic mass is 19.4. The third kappa shape index (κ3) is 9.07. The first-order valence-electron chi connectivity index (χ1n) is 13.6. The summed E-state index contributed by atoms with van der Waals surface area (Å²) >= 11 is 0. The second-order valence-electron chi connectivity index (χ2n) is 11.6. The maximum Gasteiger partial charge on any atom is 0.490 e. The fraction of sp³-hybridized carbons (Fsp3) is 0.452. The summed E-state index contributed by atoms with van der Waals surface area (Å²) in [7, 11) is 0. The van der Waals surface area contributed by atoms with Gasteiger partial charge in [-0.25, -0.2) is 4.79 Å². The number of aliphatic carboxylic acids is 1. The fourth-order valence-corrected chi connectivity index (χ4v) is 4.43. The number of carboxylic acids is 1. The van der Waals surface area contributed by atoms with Gasteiger partial charge in [0.1, 0.15) is 5.75 Å². The lowest BCUT2D eigenvalue weighted by atomic mass is 9.88. The highest BCUT2D eigenvalue weighted by Gasteiger charge is 2.38. The van der Waals surface area contributed by atoms with Gasteiger partial charge in [-0.15, -0.1) is 0 Å². The summed E-state index contributed by atoms with van der Waals surface area (Å²) < 4.78 is 37.7. The Morgan fingerprint density at radius 3 is 1.95 bits per heavy atom. The molecule has 3 aromatic rings. The van der Waals surface area contributed by atoms with Crippen LogP contribution in [0.4, 0.5) is 18.9 Å². The Hall–Kier alpha value is -3.86. The number of esters is 1. The molecule has 1 amide bonds. The zero-order valence-electron chi connectivity index (χ0n) is 25.0. The van der Waals surface area contributed by atoms with Crippen molar-refractivity contribution in [3.8, 4) is 5.75 Å². The van der Waals surface area contributed by atoms with E-state index >= 15 is 0 Å². The summed E-state index contributed by atoms with van der Waals surface area (Å²) in [6.07, 6.45) is -3.10. The lowest BCUT2D eigenvalue weighted by Gasteiger charge is -2.33. The summed E-state index contributed by atoms with van der Waals surface area (Å²) in [4.78, 5) is 40.2. The van der Waals surface area contributed by atoms with E-state index in [1.54, 1.807) is 11.8 Å².